The van der Waals surface area contributed by atoms with Gasteiger partial charge in [0.25, 0.3) is 0 Å². The van der Waals surface area contributed by atoms with Gasteiger partial charge in [0.05, 0.1) is 22.8 Å². The summed E-state index contributed by atoms with van der Waals surface area (Å²) >= 11 is 0. The number of aryl methyl sites for hydroxylation is 2. The van der Waals surface area contributed by atoms with Gasteiger partial charge in [-0.3, -0.25) is 0 Å². The maximum absolute atomic E-state index is 5.98. The molecule has 0 aliphatic carbocycles. The summed E-state index contributed by atoms with van der Waals surface area (Å²) in [7, 11) is 0. The lowest BCUT2D eigenvalue weighted by atomic mass is 10.1. The molecule has 0 saturated heterocycles. The molecule has 5 heteroatoms. The fourth-order valence-electron chi connectivity index (χ4n) is 4.59. The van der Waals surface area contributed by atoms with E-state index in [2.05, 4.69) is 91.4 Å². The van der Waals surface area contributed by atoms with Gasteiger partial charge >= 0.3 is 0 Å². The van der Waals surface area contributed by atoms with Crippen LogP contribution in [0, 0.1) is 20.8 Å². The Kier molecular flexibility index (Phi) is 4.52. The third-order valence-electron chi connectivity index (χ3n) is 6.73. The number of nitrogens with one attached hydrogen (secondary N) is 2. The third-order valence-corrected chi connectivity index (χ3v) is 6.73. The summed E-state index contributed by atoms with van der Waals surface area (Å²) < 4.78 is 0. The van der Waals surface area contributed by atoms with Gasteiger partial charge in [-0.15, -0.1) is 0 Å². The molecule has 0 atom stereocenters. The average Bonchev–Trinajstić information content (AvgIpc) is 3.65. The predicted molar refractivity (Wildman–Crippen MR) is 143 cm³/mol. The summed E-state index contributed by atoms with van der Waals surface area (Å²) in [5.41, 5.74) is 20.1. The smallest absolute Gasteiger partial charge is 0.0688 e. The van der Waals surface area contributed by atoms with E-state index in [4.69, 9.17) is 15.7 Å². The van der Waals surface area contributed by atoms with Gasteiger partial charge in [0, 0.05) is 38.9 Å². The zero-order chi connectivity index (χ0) is 23.4. The minimum absolute atomic E-state index is 0.744. The normalized spacial score (nSPS) is 12.4. The van der Waals surface area contributed by atoms with Gasteiger partial charge in [-0.05, 0) is 98.2 Å². The third kappa shape index (κ3) is 3.25. The number of rotatable bonds is 1. The second-order valence-electron chi connectivity index (χ2n) is 8.87. The van der Waals surface area contributed by atoms with Crippen LogP contribution in [0.25, 0.3) is 57.5 Å². The highest BCUT2D eigenvalue weighted by atomic mass is 14.8. The van der Waals surface area contributed by atoms with Crippen LogP contribution in [0.15, 0.2) is 48.5 Å². The van der Waals surface area contributed by atoms with E-state index in [9.17, 15) is 0 Å². The summed E-state index contributed by atoms with van der Waals surface area (Å²) in [6, 6.07) is 16.5. The summed E-state index contributed by atoms with van der Waals surface area (Å²) in [6.07, 6.45) is 8.30. The molecule has 0 unspecified atom stereocenters. The Bertz CT molecular complexity index is 1580. The SMILES string of the molecule is Cc1c2nc(c(C)c3ccc([nH]3)c(-c3ccc(N)cc3)c3ccc([nH]3)c(C)c3nc1C=C3)C=C2. The quantitative estimate of drug-likeness (QED) is 0.244. The molecular formula is C29H25N5. The summed E-state index contributed by atoms with van der Waals surface area (Å²) in [4.78, 5) is 17.1. The maximum atomic E-state index is 5.98. The summed E-state index contributed by atoms with van der Waals surface area (Å²) in [5, 5.41) is 0. The minimum atomic E-state index is 0.744. The van der Waals surface area contributed by atoms with Crippen molar-refractivity contribution in [2.45, 2.75) is 20.8 Å². The number of hydrogen-bond donors (Lipinski definition) is 3. The first kappa shape index (κ1) is 20.2. The monoisotopic (exact) mass is 443 g/mol. The predicted octanol–water partition coefficient (Wildman–Crippen LogP) is 6.83. The molecule has 5 nitrogen and oxygen atoms in total. The molecule has 0 saturated carbocycles. The fraction of sp³-hybridized carbons (Fsp3) is 0.103. The van der Waals surface area contributed by atoms with Gasteiger partial charge in [0.1, 0.15) is 0 Å². The van der Waals surface area contributed by atoms with E-state index in [0.29, 0.717) is 0 Å². The van der Waals surface area contributed by atoms with Crippen molar-refractivity contribution in [3.05, 3.63) is 88.0 Å². The topological polar surface area (TPSA) is 83.4 Å². The Morgan fingerprint density at radius 2 is 0.941 bits per heavy atom. The van der Waals surface area contributed by atoms with Crippen LogP contribution in [0.1, 0.15) is 39.5 Å². The molecule has 166 valence electrons. The molecular weight excluding hydrogens is 418 g/mol. The highest BCUT2D eigenvalue weighted by Crippen LogP contribution is 2.31. The van der Waals surface area contributed by atoms with E-state index in [0.717, 1.165) is 78.3 Å². The Hall–Kier alpha value is -4.38. The molecule has 0 radical (unpaired) electrons. The second-order valence-corrected chi connectivity index (χ2v) is 8.87. The summed E-state index contributed by atoms with van der Waals surface area (Å²) in [6.45, 7) is 6.29. The lowest BCUT2D eigenvalue weighted by molar-refractivity contribution is 1.19. The van der Waals surface area contributed by atoms with Crippen LogP contribution in [0.4, 0.5) is 5.69 Å². The number of nitrogens with zero attached hydrogens (tertiary/aromatic N) is 2. The molecule has 0 spiro atoms. The Morgan fingerprint density at radius 1 is 0.529 bits per heavy atom. The largest absolute Gasteiger partial charge is 0.399 e. The van der Waals surface area contributed by atoms with Crippen molar-refractivity contribution < 1.29 is 0 Å². The molecule has 4 aromatic rings. The molecule has 1 aromatic carbocycles. The fourth-order valence-corrected chi connectivity index (χ4v) is 4.59. The van der Waals surface area contributed by atoms with Crippen molar-refractivity contribution in [2.75, 3.05) is 5.73 Å². The number of fused-ring (bicyclic) bond motifs is 8. The Morgan fingerprint density at radius 3 is 1.41 bits per heavy atom. The van der Waals surface area contributed by atoms with Crippen LogP contribution in [0.2, 0.25) is 0 Å². The van der Waals surface area contributed by atoms with E-state index < -0.39 is 0 Å². The van der Waals surface area contributed by atoms with Crippen LogP contribution in [-0.4, -0.2) is 19.9 Å². The van der Waals surface area contributed by atoms with Crippen LogP contribution in [-0.2, 0) is 0 Å². The molecule has 5 heterocycles. The summed E-state index contributed by atoms with van der Waals surface area (Å²) in [5.74, 6) is 0. The lowest BCUT2D eigenvalue weighted by Gasteiger charge is -2.04. The van der Waals surface area contributed by atoms with Crippen LogP contribution in [0.5, 0.6) is 0 Å². The van der Waals surface area contributed by atoms with E-state index >= 15 is 0 Å². The van der Waals surface area contributed by atoms with E-state index in [1.165, 1.54) is 0 Å². The highest BCUT2D eigenvalue weighted by Gasteiger charge is 2.12. The number of nitrogen functional groups attached to an aromatic ring is 1. The number of nitrogens with two attached hydrogens (primary N) is 1. The van der Waals surface area contributed by atoms with Crippen molar-refractivity contribution >= 4 is 52.1 Å². The number of aromatic amines is 2. The van der Waals surface area contributed by atoms with Gasteiger partial charge < -0.3 is 15.7 Å². The standard InChI is InChI=1S/C29H25N5/c1-16-21-8-10-23(31-21)17(2)25-12-14-27(33-25)29(19-4-6-20(30)7-5-19)28-15-13-26(34-28)18(3)24-11-9-22(16)32-24/h4-15,33-34H,30H2,1-3H3. The van der Waals surface area contributed by atoms with Gasteiger partial charge in [0.2, 0.25) is 0 Å². The van der Waals surface area contributed by atoms with Crippen molar-refractivity contribution in [3.63, 3.8) is 0 Å². The molecule has 8 bridgehead atoms. The number of aromatic nitrogens is 4. The van der Waals surface area contributed by atoms with Crippen LogP contribution in [0.3, 0.4) is 0 Å². The van der Waals surface area contributed by atoms with Crippen molar-refractivity contribution in [1.82, 2.24) is 19.9 Å². The van der Waals surface area contributed by atoms with E-state index in [1.807, 2.05) is 12.1 Å². The van der Waals surface area contributed by atoms with Crippen LogP contribution < -0.4 is 5.73 Å². The van der Waals surface area contributed by atoms with Gasteiger partial charge in [-0.2, -0.15) is 0 Å². The molecule has 0 amide bonds. The zero-order valence-electron chi connectivity index (χ0n) is 19.4. The van der Waals surface area contributed by atoms with Gasteiger partial charge in [-0.1, -0.05) is 12.1 Å². The van der Waals surface area contributed by atoms with Crippen molar-refractivity contribution in [2.24, 2.45) is 0 Å². The van der Waals surface area contributed by atoms with Crippen molar-refractivity contribution in [3.8, 4) is 11.1 Å². The Balaban J connectivity index is 1.78. The number of benzene rings is 1. The molecule has 2 aliphatic rings. The first-order valence-corrected chi connectivity index (χ1v) is 11.4. The number of anilines is 1. The van der Waals surface area contributed by atoms with Gasteiger partial charge in [0.15, 0.2) is 0 Å². The lowest BCUT2D eigenvalue weighted by Crippen LogP contribution is -1.88. The second kappa shape index (κ2) is 7.59. The van der Waals surface area contributed by atoms with Crippen molar-refractivity contribution in [1.29, 1.82) is 0 Å². The molecule has 0 fully saturated rings. The maximum Gasteiger partial charge on any atom is 0.0688 e. The molecule has 3 aromatic heterocycles. The first-order valence-electron chi connectivity index (χ1n) is 11.4. The molecule has 4 N–H and O–H groups in total. The zero-order valence-corrected chi connectivity index (χ0v) is 19.4. The highest BCUT2D eigenvalue weighted by molar-refractivity contribution is 5.94. The van der Waals surface area contributed by atoms with E-state index in [-0.39, 0.29) is 0 Å². The molecule has 34 heavy (non-hydrogen) atoms. The number of hydrogen-bond acceptors (Lipinski definition) is 3. The van der Waals surface area contributed by atoms with Gasteiger partial charge in [-0.25, -0.2) is 9.97 Å². The Labute approximate surface area is 197 Å². The minimum Gasteiger partial charge on any atom is -0.399 e. The van der Waals surface area contributed by atoms with E-state index in [1.54, 1.807) is 0 Å². The van der Waals surface area contributed by atoms with Crippen LogP contribution >= 0.6 is 0 Å². The average molecular weight is 444 g/mol. The molecule has 2 aliphatic heterocycles. The number of H-pyrrole nitrogens is 2. The first-order chi connectivity index (χ1) is 16.5. The molecule has 6 rings (SSSR count).